The molecule has 5 nitrogen and oxygen atoms in total. The van der Waals surface area contributed by atoms with Gasteiger partial charge in [-0.1, -0.05) is 12.8 Å². The highest BCUT2D eigenvalue weighted by Gasteiger charge is 2.55. The van der Waals surface area contributed by atoms with Gasteiger partial charge < -0.3 is 0 Å². The van der Waals surface area contributed by atoms with E-state index >= 15 is 0 Å². The van der Waals surface area contributed by atoms with Gasteiger partial charge in [0.25, 0.3) is 0 Å². The van der Waals surface area contributed by atoms with Crippen LogP contribution in [0, 0.1) is 5.41 Å². The van der Waals surface area contributed by atoms with Crippen LogP contribution in [0.5, 0.6) is 0 Å². The van der Waals surface area contributed by atoms with Gasteiger partial charge in [-0.25, -0.2) is 4.79 Å². The van der Waals surface area contributed by atoms with Crippen molar-refractivity contribution in [3.8, 4) is 0 Å². The number of imide groups is 2. The molecule has 20 heavy (non-hydrogen) atoms. The number of hydrogen-bond acceptors (Lipinski definition) is 5. The molecule has 1 aliphatic carbocycles. The zero-order valence-corrected chi connectivity index (χ0v) is 12.9. The predicted octanol–water partition coefficient (Wildman–Crippen LogP) is 1.47. The van der Waals surface area contributed by atoms with Gasteiger partial charge in [0.05, 0.1) is 0 Å². The van der Waals surface area contributed by atoms with Crippen LogP contribution in [-0.4, -0.2) is 51.8 Å². The van der Waals surface area contributed by atoms with E-state index in [1.807, 2.05) is 23.5 Å². The van der Waals surface area contributed by atoms with E-state index in [0.29, 0.717) is 19.4 Å². The van der Waals surface area contributed by atoms with Crippen LogP contribution < -0.4 is 5.32 Å². The molecule has 3 aliphatic rings. The summed E-state index contributed by atoms with van der Waals surface area (Å²) in [6.45, 7) is 0.428. The molecule has 0 radical (unpaired) electrons. The molecule has 1 N–H and O–H groups in total. The van der Waals surface area contributed by atoms with Gasteiger partial charge in [0.2, 0.25) is 11.8 Å². The molecule has 2 saturated heterocycles. The maximum absolute atomic E-state index is 12.7. The van der Waals surface area contributed by atoms with Crippen LogP contribution in [0.2, 0.25) is 0 Å². The summed E-state index contributed by atoms with van der Waals surface area (Å²) in [5, 5.41) is 2.68. The van der Waals surface area contributed by atoms with Crippen molar-refractivity contribution < 1.29 is 14.4 Å². The van der Waals surface area contributed by atoms with Crippen molar-refractivity contribution >= 4 is 41.4 Å². The van der Waals surface area contributed by atoms with E-state index < -0.39 is 11.4 Å². The molecular formula is C13H18N2O3S2. The molecule has 1 spiro atoms. The Morgan fingerprint density at radius 2 is 1.95 bits per heavy atom. The van der Waals surface area contributed by atoms with Crippen LogP contribution >= 0.6 is 23.5 Å². The Bertz CT molecular complexity index is 443. The van der Waals surface area contributed by atoms with Crippen molar-refractivity contribution in [2.45, 2.75) is 30.9 Å². The number of barbiturate groups is 1. The fraction of sp³-hybridized carbons (Fsp3) is 0.769. The average Bonchev–Trinajstić information content (AvgIpc) is 2.94. The Kier molecular flexibility index (Phi) is 3.99. The molecule has 3 fully saturated rings. The maximum Gasteiger partial charge on any atom is 0.330 e. The van der Waals surface area contributed by atoms with E-state index in [2.05, 4.69) is 5.32 Å². The highest BCUT2D eigenvalue weighted by atomic mass is 32.2. The van der Waals surface area contributed by atoms with Crippen molar-refractivity contribution in [2.24, 2.45) is 5.41 Å². The number of thioether (sulfide) groups is 2. The third-order valence-electron chi connectivity index (χ3n) is 4.28. The smallest absolute Gasteiger partial charge is 0.277 e. The molecule has 3 rings (SSSR count). The second-order valence-electron chi connectivity index (χ2n) is 5.53. The average molecular weight is 314 g/mol. The quantitative estimate of drug-likeness (QED) is 0.782. The Morgan fingerprint density at radius 3 is 2.60 bits per heavy atom. The number of carbonyl (C=O) groups is 3. The zero-order valence-electron chi connectivity index (χ0n) is 11.2. The lowest BCUT2D eigenvalue weighted by Crippen LogP contribution is -2.64. The summed E-state index contributed by atoms with van der Waals surface area (Å²) in [6.07, 6.45) is 2.92. The Morgan fingerprint density at radius 1 is 1.20 bits per heavy atom. The van der Waals surface area contributed by atoms with E-state index in [1.165, 1.54) is 4.90 Å². The van der Waals surface area contributed by atoms with Gasteiger partial charge in [0.1, 0.15) is 5.41 Å². The molecule has 1 saturated carbocycles. The first-order chi connectivity index (χ1) is 9.63. The van der Waals surface area contributed by atoms with Crippen molar-refractivity contribution in [3.63, 3.8) is 0 Å². The minimum absolute atomic E-state index is 0.264. The van der Waals surface area contributed by atoms with Crippen molar-refractivity contribution in [3.05, 3.63) is 0 Å². The second-order valence-corrected chi connectivity index (χ2v) is 8.09. The number of rotatable bonds is 2. The zero-order chi connectivity index (χ0) is 14.2. The van der Waals surface area contributed by atoms with Gasteiger partial charge in [-0.15, -0.1) is 0 Å². The van der Waals surface area contributed by atoms with E-state index in [1.54, 1.807) is 0 Å². The second kappa shape index (κ2) is 5.60. The van der Waals surface area contributed by atoms with Crippen LogP contribution in [-0.2, 0) is 9.59 Å². The monoisotopic (exact) mass is 314 g/mol. The fourth-order valence-electron chi connectivity index (χ4n) is 3.16. The molecule has 110 valence electrons. The van der Waals surface area contributed by atoms with Gasteiger partial charge in [-0.05, 0) is 12.8 Å². The Hall–Kier alpha value is -0.690. The lowest BCUT2D eigenvalue weighted by Gasteiger charge is -2.38. The van der Waals surface area contributed by atoms with E-state index in [9.17, 15) is 14.4 Å². The third kappa shape index (κ3) is 2.35. The molecule has 0 aromatic heterocycles. The molecule has 1 unspecified atom stereocenters. The number of carbonyl (C=O) groups excluding carboxylic acids is 3. The summed E-state index contributed by atoms with van der Waals surface area (Å²) in [7, 11) is 0. The van der Waals surface area contributed by atoms with E-state index in [-0.39, 0.29) is 17.1 Å². The number of amides is 4. The van der Waals surface area contributed by atoms with Gasteiger partial charge in [0.15, 0.2) is 0 Å². The molecular weight excluding hydrogens is 296 g/mol. The lowest BCUT2D eigenvalue weighted by atomic mass is 9.82. The largest absolute Gasteiger partial charge is 0.330 e. The molecule has 0 aromatic carbocycles. The lowest BCUT2D eigenvalue weighted by molar-refractivity contribution is -0.151. The van der Waals surface area contributed by atoms with Crippen LogP contribution in [0.15, 0.2) is 0 Å². The van der Waals surface area contributed by atoms with Crippen LogP contribution in [0.25, 0.3) is 0 Å². The summed E-state index contributed by atoms with van der Waals surface area (Å²) in [5.41, 5.74) is -0.958. The molecule has 0 aromatic rings. The summed E-state index contributed by atoms with van der Waals surface area (Å²) in [4.78, 5) is 38.0. The van der Waals surface area contributed by atoms with Crippen molar-refractivity contribution in [1.82, 2.24) is 10.2 Å². The number of nitrogens with zero attached hydrogens (tertiary/aromatic N) is 1. The molecule has 4 amide bonds. The number of nitrogens with one attached hydrogen (secondary N) is 1. The van der Waals surface area contributed by atoms with Crippen molar-refractivity contribution in [1.29, 1.82) is 0 Å². The fourth-order valence-corrected chi connectivity index (χ4v) is 5.82. The van der Waals surface area contributed by atoms with E-state index in [4.69, 9.17) is 0 Å². The van der Waals surface area contributed by atoms with Gasteiger partial charge in [0, 0.05) is 29.1 Å². The Labute approximate surface area is 126 Å². The predicted molar refractivity (Wildman–Crippen MR) is 79.7 cm³/mol. The summed E-state index contributed by atoms with van der Waals surface area (Å²) in [6, 6.07) is -0.534. The van der Waals surface area contributed by atoms with Gasteiger partial charge in [-0.2, -0.15) is 23.5 Å². The number of hydrogen-bond donors (Lipinski definition) is 1. The van der Waals surface area contributed by atoms with Gasteiger partial charge in [-0.3, -0.25) is 19.8 Å². The normalized spacial score (nSPS) is 29.9. The molecule has 2 aliphatic heterocycles. The van der Waals surface area contributed by atoms with Crippen LogP contribution in [0.3, 0.4) is 0 Å². The number of urea groups is 1. The summed E-state index contributed by atoms with van der Waals surface area (Å²) < 4.78 is 0. The summed E-state index contributed by atoms with van der Waals surface area (Å²) in [5.74, 6) is 2.50. The Balaban J connectivity index is 1.77. The molecule has 0 bridgehead atoms. The SMILES string of the molecule is O=C1NC(=O)C2(CCCC2)C(=O)N1CC1CSCCS1. The standard InChI is InChI=1S/C13H18N2O3S2/c16-10-13(3-1-2-4-13)11(17)15(12(18)14-10)7-9-8-19-5-6-20-9/h9H,1-8H2,(H,14,16,18). The topological polar surface area (TPSA) is 66.5 Å². The van der Waals surface area contributed by atoms with Crippen LogP contribution in [0.4, 0.5) is 4.79 Å². The minimum atomic E-state index is -0.958. The first kappa shape index (κ1) is 14.3. The first-order valence-corrected chi connectivity index (χ1v) is 9.20. The first-order valence-electron chi connectivity index (χ1n) is 7.00. The third-order valence-corrected chi connectivity index (χ3v) is 7.11. The maximum atomic E-state index is 12.7. The van der Waals surface area contributed by atoms with Gasteiger partial charge >= 0.3 is 6.03 Å². The molecule has 2 heterocycles. The molecule has 7 heteroatoms. The van der Waals surface area contributed by atoms with E-state index in [0.717, 1.165) is 30.1 Å². The molecule has 1 atom stereocenters. The highest BCUT2D eigenvalue weighted by Crippen LogP contribution is 2.42. The summed E-state index contributed by atoms with van der Waals surface area (Å²) >= 11 is 3.67. The highest BCUT2D eigenvalue weighted by molar-refractivity contribution is 8.06. The minimum Gasteiger partial charge on any atom is -0.277 e. The van der Waals surface area contributed by atoms with Crippen LogP contribution in [0.1, 0.15) is 25.7 Å². The van der Waals surface area contributed by atoms with Crippen molar-refractivity contribution in [2.75, 3.05) is 23.8 Å².